The van der Waals surface area contributed by atoms with Crippen LogP contribution in [0.1, 0.15) is 33.1 Å². The lowest BCUT2D eigenvalue weighted by Gasteiger charge is -2.31. The van der Waals surface area contributed by atoms with E-state index in [1.807, 2.05) is 0 Å². The minimum absolute atomic E-state index is 0.0679. The average molecular weight is 325 g/mol. The van der Waals surface area contributed by atoms with Crippen molar-refractivity contribution in [1.82, 2.24) is 15.1 Å². The first-order valence-corrected chi connectivity index (χ1v) is 8.05. The van der Waals surface area contributed by atoms with Crippen molar-refractivity contribution < 1.29 is 19.1 Å². The second kappa shape index (κ2) is 9.86. The zero-order chi connectivity index (χ0) is 17.2. The Morgan fingerprint density at radius 2 is 2.00 bits per heavy atom. The molecule has 1 heterocycles. The molecule has 0 saturated carbocycles. The van der Waals surface area contributed by atoms with E-state index in [1.54, 1.807) is 22.8 Å². The number of piperidine rings is 1. The highest BCUT2D eigenvalue weighted by molar-refractivity contribution is 5.78. The predicted molar refractivity (Wildman–Crippen MR) is 86.8 cm³/mol. The Hall–Kier alpha value is -2.05. The lowest BCUT2D eigenvalue weighted by Crippen LogP contribution is -2.47. The minimum Gasteiger partial charge on any atom is -0.450 e. The third-order valence-corrected chi connectivity index (χ3v) is 3.79. The number of carbonyl (C=O) groups is 3. The maximum atomic E-state index is 12.0. The van der Waals surface area contributed by atoms with E-state index in [2.05, 4.69) is 11.9 Å². The molecule has 1 aliphatic rings. The monoisotopic (exact) mass is 325 g/mol. The van der Waals surface area contributed by atoms with Gasteiger partial charge in [0.1, 0.15) is 0 Å². The molecule has 0 aromatic heterocycles. The second-order valence-corrected chi connectivity index (χ2v) is 5.53. The van der Waals surface area contributed by atoms with Gasteiger partial charge >= 0.3 is 6.09 Å². The molecule has 0 unspecified atom stereocenters. The summed E-state index contributed by atoms with van der Waals surface area (Å²) in [4.78, 5) is 38.2. The van der Waals surface area contributed by atoms with Gasteiger partial charge in [0.2, 0.25) is 11.8 Å². The Morgan fingerprint density at radius 1 is 1.35 bits per heavy atom. The van der Waals surface area contributed by atoms with E-state index in [-0.39, 0.29) is 30.4 Å². The van der Waals surface area contributed by atoms with Crippen LogP contribution in [0.25, 0.3) is 0 Å². The summed E-state index contributed by atoms with van der Waals surface area (Å²) in [5.74, 6) is -0.143. The van der Waals surface area contributed by atoms with Crippen molar-refractivity contribution in [2.45, 2.75) is 39.2 Å². The van der Waals surface area contributed by atoms with Gasteiger partial charge in [-0.15, -0.1) is 6.58 Å². The summed E-state index contributed by atoms with van der Waals surface area (Å²) in [5.41, 5.74) is 0. The van der Waals surface area contributed by atoms with Crippen molar-refractivity contribution in [3.63, 3.8) is 0 Å². The molecule has 0 atom stereocenters. The number of nitrogens with one attached hydrogen (secondary N) is 1. The highest BCUT2D eigenvalue weighted by Crippen LogP contribution is 2.11. The molecule has 0 radical (unpaired) electrons. The van der Waals surface area contributed by atoms with Gasteiger partial charge in [0.25, 0.3) is 0 Å². The molecule has 0 aromatic carbocycles. The van der Waals surface area contributed by atoms with Gasteiger partial charge in [0, 0.05) is 45.6 Å². The molecular weight excluding hydrogens is 298 g/mol. The first-order chi connectivity index (χ1) is 11.0. The van der Waals surface area contributed by atoms with E-state index in [4.69, 9.17) is 4.74 Å². The molecule has 23 heavy (non-hydrogen) atoms. The summed E-state index contributed by atoms with van der Waals surface area (Å²) in [5, 5.41) is 2.97. The summed E-state index contributed by atoms with van der Waals surface area (Å²) in [6, 6.07) is 0.0679. The fraction of sp³-hybridized carbons (Fsp3) is 0.688. The summed E-state index contributed by atoms with van der Waals surface area (Å²) < 4.78 is 4.96. The van der Waals surface area contributed by atoms with Crippen molar-refractivity contribution in [3.8, 4) is 0 Å². The molecule has 7 heteroatoms. The molecule has 3 amide bonds. The predicted octanol–water partition coefficient (Wildman–Crippen LogP) is 1.15. The van der Waals surface area contributed by atoms with Gasteiger partial charge in [-0.3, -0.25) is 9.59 Å². The zero-order valence-electron chi connectivity index (χ0n) is 14.0. The van der Waals surface area contributed by atoms with Gasteiger partial charge in [-0.1, -0.05) is 6.08 Å². The number of amides is 3. The van der Waals surface area contributed by atoms with E-state index < -0.39 is 0 Å². The van der Waals surface area contributed by atoms with Crippen LogP contribution < -0.4 is 5.32 Å². The number of likely N-dealkylation sites (tertiary alicyclic amines) is 1. The van der Waals surface area contributed by atoms with Crippen molar-refractivity contribution in [1.29, 1.82) is 0 Å². The summed E-state index contributed by atoms with van der Waals surface area (Å²) in [6.45, 7) is 9.22. The van der Waals surface area contributed by atoms with Gasteiger partial charge < -0.3 is 19.9 Å². The molecule has 1 rings (SSSR count). The van der Waals surface area contributed by atoms with Crippen LogP contribution in [0.4, 0.5) is 4.79 Å². The summed E-state index contributed by atoms with van der Waals surface area (Å²) in [6.07, 6.45) is 3.05. The fourth-order valence-corrected chi connectivity index (χ4v) is 2.49. The lowest BCUT2D eigenvalue weighted by atomic mass is 10.1. The SMILES string of the molecule is C=CCN(CCC(=O)NC1CCN(C(=O)OCC)CC1)C(C)=O. The van der Waals surface area contributed by atoms with E-state index in [0.29, 0.717) is 45.6 Å². The number of nitrogens with zero attached hydrogens (tertiary/aromatic N) is 2. The first-order valence-electron chi connectivity index (χ1n) is 8.05. The normalized spacial score (nSPS) is 15.0. The summed E-state index contributed by atoms with van der Waals surface area (Å²) >= 11 is 0. The average Bonchev–Trinajstić information content (AvgIpc) is 2.52. The van der Waals surface area contributed by atoms with Crippen LogP contribution in [0.5, 0.6) is 0 Å². The van der Waals surface area contributed by atoms with Crippen LogP contribution >= 0.6 is 0 Å². The molecule has 1 aliphatic heterocycles. The molecule has 1 N–H and O–H groups in total. The number of carbonyl (C=O) groups excluding carboxylic acids is 3. The van der Waals surface area contributed by atoms with Gasteiger partial charge in [0.05, 0.1) is 6.61 Å². The van der Waals surface area contributed by atoms with E-state index in [0.717, 1.165) is 0 Å². The minimum atomic E-state index is -0.293. The van der Waals surface area contributed by atoms with Gasteiger partial charge in [0.15, 0.2) is 0 Å². The van der Waals surface area contributed by atoms with Crippen LogP contribution in [0, 0.1) is 0 Å². The van der Waals surface area contributed by atoms with Crippen LogP contribution in [-0.2, 0) is 14.3 Å². The maximum absolute atomic E-state index is 12.0. The lowest BCUT2D eigenvalue weighted by molar-refractivity contribution is -0.129. The Bertz CT molecular complexity index is 431. The molecule has 1 fully saturated rings. The molecule has 130 valence electrons. The standard InChI is InChI=1S/C16H27N3O4/c1-4-9-18(13(3)20)12-8-15(21)17-14-6-10-19(11-7-14)16(22)23-5-2/h4,14H,1,5-12H2,2-3H3,(H,17,21). The highest BCUT2D eigenvalue weighted by Gasteiger charge is 2.24. The molecule has 0 aromatic rings. The second-order valence-electron chi connectivity index (χ2n) is 5.53. The molecule has 0 spiro atoms. The van der Waals surface area contributed by atoms with E-state index >= 15 is 0 Å². The first kappa shape index (κ1) is 19.0. The smallest absolute Gasteiger partial charge is 0.409 e. The Kier molecular flexibility index (Phi) is 8.15. The van der Waals surface area contributed by atoms with Gasteiger partial charge in [-0.05, 0) is 19.8 Å². The molecule has 0 aliphatic carbocycles. The number of hydrogen-bond acceptors (Lipinski definition) is 4. The molecule has 1 saturated heterocycles. The van der Waals surface area contributed by atoms with Crippen LogP contribution in [0.15, 0.2) is 12.7 Å². The molecule has 7 nitrogen and oxygen atoms in total. The quantitative estimate of drug-likeness (QED) is 0.712. The third-order valence-electron chi connectivity index (χ3n) is 3.79. The topological polar surface area (TPSA) is 79.0 Å². The van der Waals surface area contributed by atoms with Crippen molar-refractivity contribution in [2.75, 3.05) is 32.8 Å². The van der Waals surface area contributed by atoms with Crippen LogP contribution in [-0.4, -0.2) is 66.5 Å². The van der Waals surface area contributed by atoms with E-state index in [9.17, 15) is 14.4 Å². The molecule has 0 bridgehead atoms. The largest absolute Gasteiger partial charge is 0.450 e. The van der Waals surface area contributed by atoms with Crippen LogP contribution in [0.2, 0.25) is 0 Å². The highest BCUT2D eigenvalue weighted by atomic mass is 16.6. The number of hydrogen-bond donors (Lipinski definition) is 1. The molecular formula is C16H27N3O4. The Balaban J connectivity index is 2.29. The Labute approximate surface area is 137 Å². The fourth-order valence-electron chi connectivity index (χ4n) is 2.49. The summed E-state index contributed by atoms with van der Waals surface area (Å²) in [7, 11) is 0. The number of ether oxygens (including phenoxy) is 1. The van der Waals surface area contributed by atoms with Crippen LogP contribution in [0.3, 0.4) is 0 Å². The van der Waals surface area contributed by atoms with Gasteiger partial charge in [-0.25, -0.2) is 4.79 Å². The third kappa shape index (κ3) is 6.71. The van der Waals surface area contributed by atoms with Crippen molar-refractivity contribution in [3.05, 3.63) is 12.7 Å². The van der Waals surface area contributed by atoms with Gasteiger partial charge in [-0.2, -0.15) is 0 Å². The number of rotatable bonds is 7. The van der Waals surface area contributed by atoms with Crippen molar-refractivity contribution >= 4 is 17.9 Å². The van der Waals surface area contributed by atoms with Crippen molar-refractivity contribution in [2.24, 2.45) is 0 Å². The van der Waals surface area contributed by atoms with E-state index in [1.165, 1.54) is 6.92 Å². The zero-order valence-corrected chi connectivity index (χ0v) is 14.0. The Morgan fingerprint density at radius 3 is 2.52 bits per heavy atom. The maximum Gasteiger partial charge on any atom is 0.409 e.